The summed E-state index contributed by atoms with van der Waals surface area (Å²) in [6.45, 7) is -1.76. The monoisotopic (exact) mass is 519 g/mol. The topological polar surface area (TPSA) is 230 Å². The van der Waals surface area contributed by atoms with Gasteiger partial charge in [-0.2, -0.15) is 26.8 Å². The van der Waals surface area contributed by atoms with Crippen molar-refractivity contribution in [2.24, 2.45) is 0 Å². The number of anilines is 1. The van der Waals surface area contributed by atoms with E-state index in [9.17, 15) is 36.6 Å². The zero-order chi connectivity index (χ0) is 23.9. The van der Waals surface area contributed by atoms with E-state index in [-0.39, 0.29) is 5.82 Å². The van der Waals surface area contributed by atoms with Gasteiger partial charge in [-0.15, -0.1) is 0 Å². The molecule has 1 fully saturated rings. The van der Waals surface area contributed by atoms with Crippen LogP contribution < -0.4 is 11.4 Å². The number of aromatic nitrogens is 2. The van der Waals surface area contributed by atoms with E-state index in [0.29, 0.717) is 4.57 Å². The number of hydrogen-bond acceptors (Lipinski definition) is 10. The average molecular weight is 519 g/mol. The molecule has 2 rings (SSSR count). The maximum Gasteiger partial charge on any atom is 0.490 e. The molecule has 2 heterocycles. The van der Waals surface area contributed by atoms with Gasteiger partial charge in [0.15, 0.2) is 5.60 Å². The summed E-state index contributed by atoms with van der Waals surface area (Å²) in [5.74, 6) is -0.200. The van der Waals surface area contributed by atoms with E-state index in [0.717, 1.165) is 12.3 Å². The largest absolute Gasteiger partial charge is 0.490 e. The molecule has 2 unspecified atom stereocenters. The molecule has 4 atom stereocenters. The Labute approximate surface area is 170 Å². The molecule has 0 bridgehead atoms. The van der Waals surface area contributed by atoms with Gasteiger partial charge in [0.2, 0.25) is 0 Å². The molecular weight excluding hydrogens is 504 g/mol. The van der Waals surface area contributed by atoms with Gasteiger partial charge in [0.25, 0.3) is 0 Å². The highest BCUT2D eigenvalue weighted by atomic mass is 31.3. The Balaban J connectivity index is 2.19. The number of rotatable bonds is 8. The summed E-state index contributed by atoms with van der Waals surface area (Å²) < 4.78 is 90.9. The Morgan fingerprint density at radius 2 is 1.84 bits per heavy atom. The summed E-state index contributed by atoms with van der Waals surface area (Å²) >= 11 is 0. The van der Waals surface area contributed by atoms with Gasteiger partial charge in [0.05, 0.1) is 6.61 Å². The first-order chi connectivity index (χ1) is 13.8. The summed E-state index contributed by atoms with van der Waals surface area (Å²) in [5, 5.41) is 0. The van der Waals surface area contributed by atoms with E-state index in [2.05, 4.69) is 18.1 Å². The quantitative estimate of drug-likeness (QED) is 0.299. The number of nitrogen functional groups attached to an aromatic ring is 1. The molecule has 0 radical (unpaired) electrons. The first-order valence-electron chi connectivity index (χ1n) is 7.72. The molecule has 1 aliphatic rings. The Bertz CT molecular complexity index is 1030. The Hall–Kier alpha value is -1.16. The average Bonchev–Trinajstić information content (AvgIpc) is 2.95. The van der Waals surface area contributed by atoms with E-state index in [1.54, 1.807) is 0 Å². The number of phosphoric acid groups is 3. The second kappa shape index (κ2) is 8.65. The van der Waals surface area contributed by atoms with Crippen LogP contribution >= 0.6 is 23.5 Å². The molecule has 21 heteroatoms. The summed E-state index contributed by atoms with van der Waals surface area (Å²) in [7, 11) is -17.4. The number of ether oxygens (including phenoxy) is 1. The minimum Gasteiger partial charge on any atom is -0.383 e. The highest BCUT2D eigenvalue weighted by Crippen LogP contribution is 2.66. The number of halogens is 3. The highest BCUT2D eigenvalue weighted by molar-refractivity contribution is 7.66. The standard InChI is InChI=1S/C10H15F3N3O12P3/c11-10(12,13)9(3-1-7(26-9)16-4-2-6(14)15-8(16)17)5-25-30(21,22)28-31(23,24)27-29(18,19)20/h2,4,7H,1,3,5H2,(H,21,22)(H,23,24)(H2,14,15,17)(H2,18,19,20)/t7-,9+/m1/s1. The van der Waals surface area contributed by atoms with Gasteiger partial charge in [0, 0.05) is 6.20 Å². The number of nitrogens with zero attached hydrogens (tertiary/aromatic N) is 2. The molecule has 15 nitrogen and oxygen atoms in total. The summed E-state index contributed by atoms with van der Waals surface area (Å²) in [5.41, 5.74) is 1.00. The van der Waals surface area contributed by atoms with Crippen LogP contribution in [0.2, 0.25) is 0 Å². The highest BCUT2D eigenvalue weighted by Gasteiger charge is 2.61. The predicted octanol–water partition coefficient (Wildman–Crippen LogP) is 0.779. The fourth-order valence-electron chi connectivity index (χ4n) is 2.46. The summed E-state index contributed by atoms with van der Waals surface area (Å²) in [6.07, 6.45) is -7.03. The fraction of sp³-hybridized carbons (Fsp3) is 0.600. The third-order valence-electron chi connectivity index (χ3n) is 3.71. The van der Waals surface area contributed by atoms with E-state index in [1.165, 1.54) is 0 Å². The van der Waals surface area contributed by atoms with E-state index >= 15 is 0 Å². The molecule has 0 aromatic carbocycles. The van der Waals surface area contributed by atoms with Crippen LogP contribution in [0.1, 0.15) is 19.1 Å². The first-order valence-corrected chi connectivity index (χ1v) is 12.2. The predicted molar refractivity (Wildman–Crippen MR) is 90.9 cm³/mol. The summed E-state index contributed by atoms with van der Waals surface area (Å²) in [4.78, 5) is 50.4. The van der Waals surface area contributed by atoms with Crippen molar-refractivity contribution in [3.63, 3.8) is 0 Å². The molecule has 0 amide bonds. The smallest absolute Gasteiger partial charge is 0.383 e. The van der Waals surface area contributed by atoms with Crippen LogP contribution in [0, 0.1) is 0 Å². The van der Waals surface area contributed by atoms with Crippen LogP contribution in [0.5, 0.6) is 0 Å². The zero-order valence-electron chi connectivity index (χ0n) is 14.9. The van der Waals surface area contributed by atoms with Crippen molar-refractivity contribution >= 4 is 29.3 Å². The number of phosphoric ester groups is 1. The lowest BCUT2D eigenvalue weighted by Crippen LogP contribution is -2.49. The lowest BCUT2D eigenvalue weighted by molar-refractivity contribution is -0.286. The van der Waals surface area contributed by atoms with Crippen LogP contribution in [0.4, 0.5) is 19.0 Å². The van der Waals surface area contributed by atoms with Crippen molar-refractivity contribution in [1.29, 1.82) is 0 Å². The Morgan fingerprint density at radius 1 is 1.23 bits per heavy atom. The molecule has 1 aliphatic heterocycles. The maximum absolute atomic E-state index is 13.6. The minimum atomic E-state index is -5.92. The van der Waals surface area contributed by atoms with Crippen LogP contribution in [0.15, 0.2) is 17.1 Å². The Kier molecular flexibility index (Phi) is 7.28. The SMILES string of the molecule is Nc1ccn([C@H]2CC[C@](COP(=O)(O)OP(=O)(O)OP(=O)(O)O)(C(F)(F)F)O2)c(=O)n1. The number of nitrogens with two attached hydrogens (primary N) is 1. The molecule has 6 N–H and O–H groups in total. The van der Waals surface area contributed by atoms with Crippen molar-refractivity contribution in [3.05, 3.63) is 22.7 Å². The van der Waals surface area contributed by atoms with E-state index in [4.69, 9.17) is 25.2 Å². The number of alkyl halides is 3. The van der Waals surface area contributed by atoms with Crippen molar-refractivity contribution in [3.8, 4) is 0 Å². The molecule has 0 aliphatic carbocycles. The molecule has 31 heavy (non-hydrogen) atoms. The molecule has 1 aromatic rings. The normalized spacial score (nSPS) is 26.4. The van der Waals surface area contributed by atoms with Crippen LogP contribution in [0.3, 0.4) is 0 Å². The lowest BCUT2D eigenvalue weighted by atomic mass is 10.0. The molecular formula is C10H15F3N3O12P3. The van der Waals surface area contributed by atoms with Gasteiger partial charge in [0.1, 0.15) is 12.0 Å². The minimum absolute atomic E-state index is 0.200. The third kappa shape index (κ3) is 6.91. The van der Waals surface area contributed by atoms with Gasteiger partial charge in [-0.25, -0.2) is 18.5 Å². The third-order valence-corrected chi connectivity index (χ3v) is 7.49. The molecule has 0 saturated carbocycles. The molecule has 1 aromatic heterocycles. The number of hydrogen-bond donors (Lipinski definition) is 5. The van der Waals surface area contributed by atoms with Gasteiger partial charge in [-0.05, 0) is 18.9 Å². The fourth-order valence-corrected chi connectivity index (χ4v) is 5.53. The van der Waals surface area contributed by atoms with Crippen molar-refractivity contribution in [2.75, 3.05) is 12.3 Å². The van der Waals surface area contributed by atoms with E-state index in [1.807, 2.05) is 0 Å². The van der Waals surface area contributed by atoms with Gasteiger partial charge in [-0.3, -0.25) is 9.09 Å². The van der Waals surface area contributed by atoms with Crippen LogP contribution in [-0.4, -0.2) is 47.5 Å². The van der Waals surface area contributed by atoms with Crippen LogP contribution in [0.25, 0.3) is 0 Å². The van der Waals surface area contributed by atoms with Crippen LogP contribution in [-0.2, 0) is 31.6 Å². The van der Waals surface area contributed by atoms with Gasteiger partial charge in [-0.1, -0.05) is 0 Å². The maximum atomic E-state index is 13.6. The first kappa shape index (κ1) is 26.1. The zero-order valence-corrected chi connectivity index (χ0v) is 17.5. The van der Waals surface area contributed by atoms with Gasteiger partial charge < -0.3 is 30.0 Å². The molecule has 0 spiro atoms. The van der Waals surface area contributed by atoms with Crippen molar-refractivity contribution in [2.45, 2.75) is 30.8 Å². The van der Waals surface area contributed by atoms with Crippen molar-refractivity contribution in [1.82, 2.24) is 9.55 Å². The second-order valence-electron chi connectivity index (χ2n) is 6.01. The molecule has 1 saturated heterocycles. The van der Waals surface area contributed by atoms with Crippen molar-refractivity contribution < 1.29 is 64.3 Å². The second-order valence-corrected chi connectivity index (χ2v) is 10.4. The Morgan fingerprint density at radius 3 is 2.35 bits per heavy atom. The van der Waals surface area contributed by atoms with E-state index < -0.39 is 66.6 Å². The lowest BCUT2D eigenvalue weighted by Gasteiger charge is -2.31. The molecule has 178 valence electrons. The van der Waals surface area contributed by atoms with Gasteiger partial charge >= 0.3 is 35.3 Å². The summed E-state index contributed by atoms with van der Waals surface area (Å²) in [6, 6.07) is 1.12.